The minimum atomic E-state index is -1.10. The van der Waals surface area contributed by atoms with Gasteiger partial charge in [0.25, 0.3) is 0 Å². The quantitative estimate of drug-likeness (QED) is 0.649. The number of carboxylic acids is 1. The molecule has 0 aliphatic rings. The summed E-state index contributed by atoms with van der Waals surface area (Å²) in [6.07, 6.45) is 3.50. The number of nitrogens with one attached hydrogen (secondary N) is 1. The Morgan fingerprint density at radius 3 is 2.57 bits per heavy atom. The van der Waals surface area contributed by atoms with Gasteiger partial charge in [-0.15, -0.1) is 0 Å². The van der Waals surface area contributed by atoms with Crippen molar-refractivity contribution in [2.75, 3.05) is 0 Å². The molecule has 1 heterocycles. The van der Waals surface area contributed by atoms with E-state index in [1.807, 2.05) is 13.8 Å². The molecule has 0 saturated heterocycles. The molecule has 1 aromatic heterocycles. The van der Waals surface area contributed by atoms with Crippen LogP contribution in [0.1, 0.15) is 38.4 Å². The van der Waals surface area contributed by atoms with Gasteiger partial charge in [-0.1, -0.05) is 26.0 Å². The van der Waals surface area contributed by atoms with Crippen molar-refractivity contribution in [3.8, 4) is 0 Å². The average molecular weight is 393 g/mol. The zero-order valence-corrected chi connectivity index (χ0v) is 16.2. The molecule has 2 rings (SSSR count). The predicted molar refractivity (Wildman–Crippen MR) is 99.9 cm³/mol. The zero-order chi connectivity index (χ0) is 20.8. The maximum absolute atomic E-state index is 13.9. The Morgan fingerprint density at radius 1 is 1.25 bits per heavy atom. The number of hydrogen-bond acceptors (Lipinski definition) is 4. The SMILES string of the molecule is CC(=O)C(CC(C)C)NC(Cc1cncn1Cc1cccc(F)c1F)C(=O)O. The van der Waals surface area contributed by atoms with Crippen molar-refractivity contribution in [2.24, 2.45) is 5.92 Å². The Bertz CT molecular complexity index is 836. The van der Waals surface area contributed by atoms with E-state index in [-0.39, 0.29) is 30.2 Å². The van der Waals surface area contributed by atoms with Crippen LogP contribution >= 0.6 is 0 Å². The lowest BCUT2D eigenvalue weighted by atomic mass is 9.99. The molecule has 8 heteroatoms. The maximum atomic E-state index is 13.9. The third-order valence-corrected chi connectivity index (χ3v) is 4.48. The summed E-state index contributed by atoms with van der Waals surface area (Å²) in [6.45, 7) is 5.36. The predicted octanol–water partition coefficient (Wildman–Crippen LogP) is 2.80. The molecule has 0 aliphatic carbocycles. The average Bonchev–Trinajstić information content (AvgIpc) is 3.03. The first-order valence-corrected chi connectivity index (χ1v) is 9.10. The Morgan fingerprint density at radius 2 is 1.96 bits per heavy atom. The Balaban J connectivity index is 2.18. The van der Waals surface area contributed by atoms with E-state index in [1.165, 1.54) is 31.6 Å². The van der Waals surface area contributed by atoms with Crippen molar-refractivity contribution in [1.82, 2.24) is 14.9 Å². The molecule has 2 atom stereocenters. The fourth-order valence-corrected chi connectivity index (χ4v) is 3.01. The lowest BCUT2D eigenvalue weighted by Gasteiger charge is -2.23. The highest BCUT2D eigenvalue weighted by atomic mass is 19.2. The lowest BCUT2D eigenvalue weighted by Crippen LogP contribution is -2.48. The normalized spacial score (nSPS) is 13.5. The number of benzene rings is 1. The van der Waals surface area contributed by atoms with Crippen molar-refractivity contribution in [3.63, 3.8) is 0 Å². The van der Waals surface area contributed by atoms with E-state index in [4.69, 9.17) is 0 Å². The molecule has 28 heavy (non-hydrogen) atoms. The molecule has 2 aromatic rings. The largest absolute Gasteiger partial charge is 0.480 e. The third kappa shape index (κ3) is 5.69. The van der Waals surface area contributed by atoms with Gasteiger partial charge < -0.3 is 9.67 Å². The Kier molecular flexibility index (Phi) is 7.39. The fourth-order valence-electron chi connectivity index (χ4n) is 3.01. The van der Waals surface area contributed by atoms with E-state index in [9.17, 15) is 23.5 Å². The van der Waals surface area contributed by atoms with E-state index in [0.29, 0.717) is 12.1 Å². The maximum Gasteiger partial charge on any atom is 0.321 e. The number of hydrogen-bond donors (Lipinski definition) is 2. The molecule has 2 N–H and O–H groups in total. The van der Waals surface area contributed by atoms with E-state index < -0.39 is 29.7 Å². The Hall–Kier alpha value is -2.61. The van der Waals surface area contributed by atoms with Gasteiger partial charge in [0.1, 0.15) is 11.8 Å². The first-order chi connectivity index (χ1) is 13.2. The van der Waals surface area contributed by atoms with Crippen LogP contribution in [0, 0.1) is 17.6 Å². The van der Waals surface area contributed by atoms with E-state index in [0.717, 1.165) is 6.07 Å². The van der Waals surface area contributed by atoms with Crippen LogP contribution in [0.4, 0.5) is 8.78 Å². The summed E-state index contributed by atoms with van der Waals surface area (Å²) in [5.74, 6) is -2.89. The number of carbonyl (C=O) groups is 2. The Labute approximate surface area is 162 Å². The summed E-state index contributed by atoms with van der Waals surface area (Å²) in [6, 6.07) is 2.33. The molecular weight excluding hydrogens is 368 g/mol. The number of aromatic nitrogens is 2. The van der Waals surface area contributed by atoms with E-state index >= 15 is 0 Å². The number of rotatable bonds is 10. The molecule has 6 nitrogen and oxygen atoms in total. The monoisotopic (exact) mass is 393 g/mol. The van der Waals surface area contributed by atoms with Gasteiger partial charge in [0.15, 0.2) is 11.6 Å². The van der Waals surface area contributed by atoms with Crippen LogP contribution in [0.15, 0.2) is 30.7 Å². The molecule has 152 valence electrons. The van der Waals surface area contributed by atoms with Crippen LogP contribution < -0.4 is 5.32 Å². The molecule has 1 aromatic carbocycles. The van der Waals surface area contributed by atoms with Crippen molar-refractivity contribution >= 4 is 11.8 Å². The summed E-state index contributed by atoms with van der Waals surface area (Å²) >= 11 is 0. The summed E-state index contributed by atoms with van der Waals surface area (Å²) in [5, 5.41) is 12.5. The van der Waals surface area contributed by atoms with E-state index in [2.05, 4.69) is 10.3 Å². The first-order valence-electron chi connectivity index (χ1n) is 9.10. The molecule has 0 saturated carbocycles. The van der Waals surface area contributed by atoms with Gasteiger partial charge in [-0.25, -0.2) is 13.8 Å². The molecule has 2 unspecified atom stereocenters. The van der Waals surface area contributed by atoms with Crippen molar-refractivity contribution in [2.45, 2.75) is 52.2 Å². The van der Waals surface area contributed by atoms with Gasteiger partial charge in [0.05, 0.1) is 18.9 Å². The highest BCUT2D eigenvalue weighted by Gasteiger charge is 2.26. The smallest absolute Gasteiger partial charge is 0.321 e. The topological polar surface area (TPSA) is 84.2 Å². The third-order valence-electron chi connectivity index (χ3n) is 4.48. The van der Waals surface area contributed by atoms with Gasteiger partial charge in [0, 0.05) is 23.9 Å². The van der Waals surface area contributed by atoms with E-state index in [1.54, 1.807) is 4.57 Å². The van der Waals surface area contributed by atoms with Crippen LogP contribution in [0.25, 0.3) is 0 Å². The van der Waals surface area contributed by atoms with Gasteiger partial charge in [-0.2, -0.15) is 0 Å². The molecule has 0 spiro atoms. The molecule has 0 amide bonds. The molecule has 0 bridgehead atoms. The summed E-state index contributed by atoms with van der Waals surface area (Å²) in [5.41, 5.74) is 0.677. The van der Waals surface area contributed by atoms with Gasteiger partial charge >= 0.3 is 5.97 Å². The minimum Gasteiger partial charge on any atom is -0.480 e. The second-order valence-electron chi connectivity index (χ2n) is 7.28. The van der Waals surface area contributed by atoms with Gasteiger partial charge in [0.2, 0.25) is 0 Å². The number of Topliss-reactive ketones (excluding diaryl/α,β-unsaturated/α-hetero) is 1. The number of ketones is 1. The first kappa shape index (κ1) is 21.7. The van der Waals surface area contributed by atoms with Crippen LogP contribution in [-0.2, 0) is 22.6 Å². The molecule has 0 radical (unpaired) electrons. The fraction of sp³-hybridized carbons (Fsp3) is 0.450. The number of carbonyl (C=O) groups excluding carboxylic acids is 1. The molecule has 0 fully saturated rings. The number of nitrogens with zero attached hydrogens (tertiary/aromatic N) is 2. The van der Waals surface area contributed by atoms with Crippen LogP contribution in [0.5, 0.6) is 0 Å². The van der Waals surface area contributed by atoms with Crippen LogP contribution in [0.3, 0.4) is 0 Å². The zero-order valence-electron chi connectivity index (χ0n) is 16.2. The summed E-state index contributed by atoms with van der Waals surface area (Å²) < 4.78 is 28.9. The summed E-state index contributed by atoms with van der Waals surface area (Å²) in [7, 11) is 0. The standard InChI is InChI=1S/C20H25F2N3O3/c1-12(2)7-17(13(3)26)24-18(20(27)28)8-15-9-23-11-25(15)10-14-5-4-6-16(21)19(14)22/h4-6,9,11-12,17-18,24H,7-8,10H2,1-3H3,(H,27,28). The molecular formula is C20H25F2N3O3. The number of aliphatic carboxylic acids is 1. The van der Waals surface area contributed by atoms with Crippen molar-refractivity contribution in [1.29, 1.82) is 0 Å². The van der Waals surface area contributed by atoms with Crippen molar-refractivity contribution < 1.29 is 23.5 Å². The highest BCUT2D eigenvalue weighted by molar-refractivity contribution is 5.82. The van der Waals surface area contributed by atoms with Gasteiger partial charge in [-0.3, -0.25) is 14.9 Å². The van der Waals surface area contributed by atoms with Gasteiger partial charge in [-0.05, 0) is 25.3 Å². The minimum absolute atomic E-state index is 0.0212. The highest BCUT2D eigenvalue weighted by Crippen LogP contribution is 2.15. The second-order valence-corrected chi connectivity index (χ2v) is 7.28. The second kappa shape index (κ2) is 9.54. The van der Waals surface area contributed by atoms with Crippen LogP contribution in [-0.4, -0.2) is 38.5 Å². The lowest BCUT2D eigenvalue weighted by molar-refractivity contribution is -0.139. The number of imidazole rings is 1. The number of carboxylic acid groups (broad SMARTS) is 1. The number of halogens is 2. The van der Waals surface area contributed by atoms with Crippen molar-refractivity contribution in [3.05, 3.63) is 53.6 Å². The molecule has 0 aliphatic heterocycles. The summed E-state index contributed by atoms with van der Waals surface area (Å²) in [4.78, 5) is 27.6. The van der Waals surface area contributed by atoms with Crippen LogP contribution in [0.2, 0.25) is 0 Å².